The highest BCUT2D eigenvalue weighted by atomic mass is 79.9. The Hall–Kier alpha value is -1.81. The van der Waals surface area contributed by atoms with Gasteiger partial charge in [0.2, 0.25) is 0 Å². The molecule has 0 aliphatic rings. The van der Waals surface area contributed by atoms with Crippen LogP contribution in [0.4, 0.5) is 5.69 Å². The Balaban J connectivity index is 2.28. The number of hydrogen-bond donors (Lipinski definition) is 1. The normalized spacial score (nSPS) is 11.1. The van der Waals surface area contributed by atoms with Gasteiger partial charge in [0, 0.05) is 21.9 Å². The molecule has 3 nitrogen and oxygen atoms in total. The molecule has 0 unspecified atom stereocenters. The molecule has 0 spiro atoms. The van der Waals surface area contributed by atoms with Crippen LogP contribution in [0.25, 0.3) is 16.8 Å². The molecular weight excluding hydrogens is 302 g/mol. The van der Waals surface area contributed by atoms with Crippen LogP contribution in [0.3, 0.4) is 0 Å². The predicted octanol–water partition coefficient (Wildman–Crippen LogP) is 3.96. The van der Waals surface area contributed by atoms with E-state index in [2.05, 4.69) is 46.0 Å². The number of fused-ring (bicyclic) bond motifs is 1. The van der Waals surface area contributed by atoms with E-state index in [1.54, 1.807) is 0 Å². The van der Waals surface area contributed by atoms with Crippen LogP contribution >= 0.6 is 15.9 Å². The Bertz CT molecular complexity index is 774. The summed E-state index contributed by atoms with van der Waals surface area (Å²) in [6, 6.07) is 10.2. The van der Waals surface area contributed by atoms with Crippen LogP contribution in [-0.2, 0) is 0 Å². The van der Waals surface area contributed by atoms with Crippen LogP contribution in [0, 0.1) is 13.8 Å². The summed E-state index contributed by atoms with van der Waals surface area (Å²) in [5, 5.41) is 0. The number of nitrogens with two attached hydrogens (primary N) is 1. The number of aryl methyl sites for hydroxylation is 2. The molecule has 3 aromatic rings. The topological polar surface area (TPSA) is 43.3 Å². The zero-order chi connectivity index (χ0) is 13.6. The lowest BCUT2D eigenvalue weighted by molar-refractivity contribution is 1.05. The monoisotopic (exact) mass is 315 g/mol. The highest BCUT2D eigenvalue weighted by molar-refractivity contribution is 9.10. The first-order chi connectivity index (χ1) is 9.06. The molecule has 0 atom stereocenters. The van der Waals surface area contributed by atoms with Crippen molar-refractivity contribution in [3.8, 4) is 11.3 Å². The fraction of sp³-hybridized carbons (Fsp3) is 0.133. The fourth-order valence-electron chi connectivity index (χ4n) is 2.26. The molecule has 0 aliphatic heterocycles. The maximum Gasteiger partial charge on any atom is 0.110 e. The molecule has 0 amide bonds. The second-order valence-corrected chi connectivity index (χ2v) is 5.54. The second kappa shape index (κ2) is 4.38. The SMILES string of the molecule is Cc1cc(-c2nc(C)n3cc(N)ccc23)ccc1Br. The van der Waals surface area contributed by atoms with Gasteiger partial charge in [0.25, 0.3) is 0 Å². The molecule has 2 heterocycles. The smallest absolute Gasteiger partial charge is 0.110 e. The van der Waals surface area contributed by atoms with Gasteiger partial charge in [-0.3, -0.25) is 0 Å². The van der Waals surface area contributed by atoms with Crippen molar-refractivity contribution in [2.75, 3.05) is 5.73 Å². The van der Waals surface area contributed by atoms with Crippen LogP contribution in [0.15, 0.2) is 41.0 Å². The minimum atomic E-state index is 0.742. The van der Waals surface area contributed by atoms with E-state index >= 15 is 0 Å². The number of imidazole rings is 1. The van der Waals surface area contributed by atoms with E-state index in [0.717, 1.165) is 32.8 Å². The number of benzene rings is 1. The van der Waals surface area contributed by atoms with Gasteiger partial charge < -0.3 is 10.1 Å². The molecule has 4 heteroatoms. The number of hydrogen-bond acceptors (Lipinski definition) is 2. The van der Waals surface area contributed by atoms with Crippen LogP contribution in [0.1, 0.15) is 11.4 Å². The van der Waals surface area contributed by atoms with Crippen molar-refractivity contribution in [1.82, 2.24) is 9.38 Å². The minimum absolute atomic E-state index is 0.742. The van der Waals surface area contributed by atoms with Gasteiger partial charge in [0.15, 0.2) is 0 Å². The van der Waals surface area contributed by atoms with Gasteiger partial charge in [-0.25, -0.2) is 4.98 Å². The van der Waals surface area contributed by atoms with Crippen molar-refractivity contribution < 1.29 is 0 Å². The number of anilines is 1. The Morgan fingerprint density at radius 1 is 1.16 bits per heavy atom. The summed E-state index contributed by atoms with van der Waals surface area (Å²) in [5.41, 5.74) is 11.0. The van der Waals surface area contributed by atoms with Gasteiger partial charge in [-0.1, -0.05) is 22.0 Å². The van der Waals surface area contributed by atoms with Crippen LogP contribution in [0.5, 0.6) is 0 Å². The highest BCUT2D eigenvalue weighted by Gasteiger charge is 2.11. The molecule has 0 saturated heterocycles. The lowest BCUT2D eigenvalue weighted by atomic mass is 10.1. The predicted molar refractivity (Wildman–Crippen MR) is 82.2 cm³/mol. The number of nitrogens with zero attached hydrogens (tertiary/aromatic N) is 2. The second-order valence-electron chi connectivity index (χ2n) is 4.69. The number of aromatic nitrogens is 2. The van der Waals surface area contributed by atoms with Crippen molar-refractivity contribution in [2.45, 2.75) is 13.8 Å². The van der Waals surface area contributed by atoms with E-state index in [1.807, 2.05) is 29.7 Å². The number of rotatable bonds is 1. The molecule has 1 aromatic carbocycles. The molecule has 96 valence electrons. The maximum absolute atomic E-state index is 5.83. The molecule has 0 aliphatic carbocycles. The van der Waals surface area contributed by atoms with Crippen LogP contribution in [-0.4, -0.2) is 9.38 Å². The summed E-state index contributed by atoms with van der Waals surface area (Å²) in [4.78, 5) is 4.66. The molecule has 2 N–H and O–H groups in total. The van der Waals surface area contributed by atoms with Crippen LogP contribution in [0.2, 0.25) is 0 Å². The van der Waals surface area contributed by atoms with E-state index in [4.69, 9.17) is 5.73 Å². The molecule has 0 saturated carbocycles. The zero-order valence-corrected chi connectivity index (χ0v) is 12.4. The van der Waals surface area contributed by atoms with Gasteiger partial charge in [-0.15, -0.1) is 0 Å². The van der Waals surface area contributed by atoms with Crippen molar-refractivity contribution in [3.05, 3.63) is 52.4 Å². The molecule has 2 aromatic heterocycles. The lowest BCUT2D eigenvalue weighted by Gasteiger charge is -2.03. The number of pyridine rings is 1. The molecule has 0 fully saturated rings. The third-order valence-corrected chi connectivity index (χ3v) is 4.16. The first-order valence-electron chi connectivity index (χ1n) is 6.07. The molecule has 0 radical (unpaired) electrons. The quantitative estimate of drug-likeness (QED) is 0.738. The Morgan fingerprint density at radius 2 is 1.95 bits per heavy atom. The van der Waals surface area contributed by atoms with E-state index in [0.29, 0.717) is 0 Å². The summed E-state index contributed by atoms with van der Waals surface area (Å²) in [6.45, 7) is 4.07. The molecular formula is C15H14BrN3. The van der Waals surface area contributed by atoms with Gasteiger partial charge in [-0.2, -0.15) is 0 Å². The first kappa shape index (κ1) is 12.2. The van der Waals surface area contributed by atoms with Gasteiger partial charge in [-0.05, 0) is 43.7 Å². The summed E-state index contributed by atoms with van der Waals surface area (Å²) in [6.07, 6.45) is 1.91. The average molecular weight is 316 g/mol. The largest absolute Gasteiger partial charge is 0.398 e. The Labute approximate surface area is 120 Å². The van der Waals surface area contributed by atoms with Gasteiger partial charge in [0.1, 0.15) is 5.82 Å². The zero-order valence-electron chi connectivity index (χ0n) is 10.8. The summed E-state index contributed by atoms with van der Waals surface area (Å²) in [5.74, 6) is 0.942. The average Bonchev–Trinajstić information content (AvgIpc) is 2.70. The number of nitrogen functional groups attached to an aromatic ring is 1. The Kier molecular flexibility index (Phi) is 2.82. The Morgan fingerprint density at radius 3 is 2.68 bits per heavy atom. The highest BCUT2D eigenvalue weighted by Crippen LogP contribution is 2.28. The van der Waals surface area contributed by atoms with E-state index in [-0.39, 0.29) is 0 Å². The maximum atomic E-state index is 5.83. The van der Waals surface area contributed by atoms with Gasteiger partial charge >= 0.3 is 0 Å². The third-order valence-electron chi connectivity index (χ3n) is 3.27. The number of halogens is 1. The summed E-state index contributed by atoms with van der Waals surface area (Å²) < 4.78 is 3.14. The lowest BCUT2D eigenvalue weighted by Crippen LogP contribution is -1.91. The van der Waals surface area contributed by atoms with E-state index in [1.165, 1.54) is 5.56 Å². The van der Waals surface area contributed by atoms with E-state index in [9.17, 15) is 0 Å². The first-order valence-corrected chi connectivity index (χ1v) is 6.86. The van der Waals surface area contributed by atoms with Crippen molar-refractivity contribution in [2.24, 2.45) is 0 Å². The third kappa shape index (κ3) is 2.02. The molecule has 19 heavy (non-hydrogen) atoms. The standard InChI is InChI=1S/C15H14BrN3/c1-9-7-11(3-5-13(9)16)15-14-6-4-12(17)8-19(14)10(2)18-15/h3-8H,17H2,1-2H3. The van der Waals surface area contributed by atoms with Crippen molar-refractivity contribution >= 4 is 27.1 Å². The van der Waals surface area contributed by atoms with Crippen molar-refractivity contribution in [3.63, 3.8) is 0 Å². The molecule has 0 bridgehead atoms. The fourth-order valence-corrected chi connectivity index (χ4v) is 2.50. The minimum Gasteiger partial charge on any atom is -0.398 e. The van der Waals surface area contributed by atoms with Gasteiger partial charge in [0.05, 0.1) is 11.2 Å². The van der Waals surface area contributed by atoms with Crippen molar-refractivity contribution in [1.29, 1.82) is 0 Å². The van der Waals surface area contributed by atoms with Crippen LogP contribution < -0.4 is 5.73 Å². The van der Waals surface area contributed by atoms with E-state index < -0.39 is 0 Å². The molecule has 3 rings (SSSR count). The summed E-state index contributed by atoms with van der Waals surface area (Å²) in [7, 11) is 0. The summed E-state index contributed by atoms with van der Waals surface area (Å²) >= 11 is 3.52.